The van der Waals surface area contributed by atoms with Crippen LogP contribution in [0, 0.1) is 5.92 Å². The van der Waals surface area contributed by atoms with E-state index < -0.39 is 6.29 Å². The van der Waals surface area contributed by atoms with E-state index in [0.717, 1.165) is 65.7 Å². The zero-order valence-electron chi connectivity index (χ0n) is 32.6. The van der Waals surface area contributed by atoms with Gasteiger partial charge in [0.2, 0.25) is 11.8 Å². The van der Waals surface area contributed by atoms with E-state index in [-0.39, 0.29) is 36.5 Å². The molecule has 0 bridgehead atoms. The lowest BCUT2D eigenvalue weighted by molar-refractivity contribution is -0.276. The fourth-order valence-electron chi connectivity index (χ4n) is 7.32. The number of rotatable bonds is 18. The molecule has 5 aromatic rings. The van der Waals surface area contributed by atoms with Gasteiger partial charge in [-0.05, 0) is 63.9 Å². The summed E-state index contributed by atoms with van der Waals surface area (Å²) in [6.45, 7) is 7.10. The predicted octanol–water partition coefficient (Wildman–Crippen LogP) is 8.65. The van der Waals surface area contributed by atoms with Crippen molar-refractivity contribution in [3.05, 3.63) is 167 Å². The minimum Gasteiger partial charge on any atom is -0.392 e. The molecular weight excluding hydrogens is 699 g/mol. The molecule has 1 aliphatic rings. The maximum absolute atomic E-state index is 12.6. The largest absolute Gasteiger partial charge is 0.392 e. The van der Waals surface area contributed by atoms with Crippen molar-refractivity contribution in [2.24, 2.45) is 5.92 Å². The Morgan fingerprint density at radius 3 is 1.96 bits per heavy atom. The molecule has 0 unspecified atom stereocenters. The molecule has 0 aromatic heterocycles. The van der Waals surface area contributed by atoms with Gasteiger partial charge in [0.25, 0.3) is 0 Å². The quantitative estimate of drug-likeness (QED) is 0.0776. The zero-order chi connectivity index (χ0) is 39.1. The number of carbonyl (C=O) groups excluding carboxylic acids is 2. The molecule has 5 aromatic carbocycles. The Hall–Kier alpha value is -5.12. The lowest BCUT2D eigenvalue weighted by Gasteiger charge is -2.43. The van der Waals surface area contributed by atoms with Crippen LogP contribution in [-0.4, -0.2) is 41.0 Å². The molecule has 6 rings (SSSR count). The molecule has 4 atom stereocenters. The number of hydrogen-bond donors (Lipinski definition) is 3. The number of aliphatic hydroxyl groups excluding tert-OH is 1. The second-order valence-corrected chi connectivity index (χ2v) is 14.9. The average Bonchev–Trinajstić information content (AvgIpc) is 3.23. The topological polar surface area (TPSA) is 100 Å². The fourth-order valence-corrected chi connectivity index (χ4v) is 7.32. The summed E-state index contributed by atoms with van der Waals surface area (Å²) in [6, 6.07) is 45.8. The minimum atomic E-state index is -0.602. The van der Waals surface area contributed by atoms with E-state index in [0.29, 0.717) is 26.1 Å². The molecular formula is C48H55N3O5. The number of hydrogen-bond acceptors (Lipinski definition) is 6. The number of unbranched alkanes of at least 4 members (excludes halogenated alkanes) is 2. The van der Waals surface area contributed by atoms with Gasteiger partial charge >= 0.3 is 0 Å². The van der Waals surface area contributed by atoms with Crippen LogP contribution < -0.4 is 10.6 Å². The van der Waals surface area contributed by atoms with Crippen molar-refractivity contribution in [3.63, 3.8) is 0 Å². The Balaban J connectivity index is 1.19. The molecule has 3 N–H and O–H groups in total. The normalized spacial score (nSPS) is 18.1. The number of benzene rings is 5. The van der Waals surface area contributed by atoms with Gasteiger partial charge in [-0.1, -0.05) is 135 Å². The number of carbonyl (C=O) groups is 2. The average molecular weight is 754 g/mol. The number of ether oxygens (including phenoxy) is 2. The lowest BCUT2D eigenvalue weighted by atomic mass is 9.89. The third kappa shape index (κ3) is 11.9. The first kappa shape index (κ1) is 40.5. The zero-order valence-corrected chi connectivity index (χ0v) is 32.6. The van der Waals surface area contributed by atoms with Crippen LogP contribution in [0.15, 0.2) is 133 Å². The van der Waals surface area contributed by atoms with Gasteiger partial charge in [0.05, 0.1) is 18.8 Å². The summed E-state index contributed by atoms with van der Waals surface area (Å²) in [5.41, 5.74) is 8.47. The molecule has 8 nitrogen and oxygen atoms in total. The van der Waals surface area contributed by atoms with E-state index >= 15 is 0 Å². The Kier molecular flexibility index (Phi) is 15.0. The van der Waals surface area contributed by atoms with Crippen molar-refractivity contribution in [1.29, 1.82) is 0 Å². The molecule has 0 aliphatic carbocycles. The summed E-state index contributed by atoms with van der Waals surface area (Å²) in [7, 11) is 0. The first-order chi connectivity index (χ1) is 27.3. The maximum Gasteiger partial charge on any atom is 0.220 e. The lowest BCUT2D eigenvalue weighted by Crippen LogP contribution is -2.44. The van der Waals surface area contributed by atoms with Crippen LogP contribution in [0.3, 0.4) is 0 Å². The molecule has 1 heterocycles. The molecule has 292 valence electrons. The maximum atomic E-state index is 12.6. The first-order valence-corrected chi connectivity index (χ1v) is 19.9. The Labute approximate surface area is 331 Å². The van der Waals surface area contributed by atoms with Gasteiger partial charge in [-0.2, -0.15) is 0 Å². The highest BCUT2D eigenvalue weighted by atomic mass is 16.7. The van der Waals surface area contributed by atoms with Gasteiger partial charge < -0.3 is 25.2 Å². The van der Waals surface area contributed by atoms with Crippen molar-refractivity contribution in [1.82, 2.24) is 15.5 Å². The summed E-state index contributed by atoms with van der Waals surface area (Å²) < 4.78 is 13.8. The Morgan fingerprint density at radius 1 is 0.661 bits per heavy atom. The number of amides is 2. The second-order valence-electron chi connectivity index (χ2n) is 14.9. The Morgan fingerprint density at radius 2 is 1.30 bits per heavy atom. The number of nitrogens with zero attached hydrogens (tertiary/aromatic N) is 1. The van der Waals surface area contributed by atoms with E-state index in [1.54, 1.807) is 0 Å². The van der Waals surface area contributed by atoms with Crippen LogP contribution in [0.25, 0.3) is 11.1 Å². The SMILES string of the molecule is CC(=O)NCCCCCC(=O)NCc1cccc(-c2cccc([C@@H]3O[C@H](CN(Cc4ccccc4)Cc4ccccc4)[C@H](C)[C@H](c4ccc(CO)cc4)O3)c2)c1. The molecule has 56 heavy (non-hydrogen) atoms. The van der Waals surface area contributed by atoms with Crippen LogP contribution in [0.2, 0.25) is 0 Å². The van der Waals surface area contributed by atoms with Crippen molar-refractivity contribution in [3.8, 4) is 11.1 Å². The minimum absolute atomic E-state index is 0.00780. The van der Waals surface area contributed by atoms with Gasteiger partial charge in [-0.25, -0.2) is 0 Å². The van der Waals surface area contributed by atoms with Gasteiger partial charge in [0.15, 0.2) is 6.29 Å². The van der Waals surface area contributed by atoms with Crippen molar-refractivity contribution >= 4 is 11.8 Å². The molecule has 8 heteroatoms. The van der Waals surface area contributed by atoms with Crippen molar-refractivity contribution in [2.45, 2.75) is 84.3 Å². The summed E-state index contributed by atoms with van der Waals surface area (Å²) in [5.74, 6) is 0.0419. The standard InChI is InChI=1S/C48H55N3O5/c1-35-45(33-51(31-37-14-6-3-7-15-37)32-38-16-8-4-9-17-38)55-48(56-47(35)41-25-23-39(34-52)24-26-41)44-21-13-20-43(29-44)42-19-12-18-40(28-42)30-50-46(54)22-10-5-11-27-49-36(2)53/h3-4,6-9,12-21,23-26,28-29,35,45,47-48,52H,5,10-11,22,27,30-34H2,1-2H3,(H,49,53)(H,50,54)/t35-,45+,47+,48+/m0/s1. The van der Waals surface area contributed by atoms with E-state index in [1.165, 1.54) is 18.1 Å². The smallest absolute Gasteiger partial charge is 0.220 e. The van der Waals surface area contributed by atoms with Gasteiger partial charge in [-0.3, -0.25) is 14.5 Å². The highest BCUT2D eigenvalue weighted by Crippen LogP contribution is 2.42. The number of nitrogens with one attached hydrogen (secondary N) is 2. The van der Waals surface area contributed by atoms with Crippen LogP contribution in [0.1, 0.15) is 85.3 Å². The van der Waals surface area contributed by atoms with E-state index in [9.17, 15) is 14.7 Å². The molecule has 0 spiro atoms. The molecule has 1 fully saturated rings. The van der Waals surface area contributed by atoms with Crippen LogP contribution in [0.5, 0.6) is 0 Å². The molecule has 2 amide bonds. The monoisotopic (exact) mass is 753 g/mol. The van der Waals surface area contributed by atoms with E-state index in [1.807, 2.05) is 30.3 Å². The van der Waals surface area contributed by atoms with E-state index in [2.05, 4.69) is 126 Å². The molecule has 1 aliphatic heterocycles. The molecule has 0 radical (unpaired) electrons. The first-order valence-electron chi connectivity index (χ1n) is 19.9. The predicted molar refractivity (Wildman–Crippen MR) is 221 cm³/mol. The van der Waals surface area contributed by atoms with Crippen LogP contribution in [-0.2, 0) is 45.3 Å². The van der Waals surface area contributed by atoms with Crippen LogP contribution in [0.4, 0.5) is 0 Å². The summed E-state index contributed by atoms with van der Waals surface area (Å²) in [5, 5.41) is 15.6. The Bertz CT molecular complexity index is 1930. The van der Waals surface area contributed by atoms with E-state index in [4.69, 9.17) is 9.47 Å². The summed E-state index contributed by atoms with van der Waals surface area (Å²) >= 11 is 0. The van der Waals surface area contributed by atoms with Crippen molar-refractivity contribution in [2.75, 3.05) is 13.1 Å². The fraction of sp³-hybridized carbons (Fsp3) is 0.333. The summed E-state index contributed by atoms with van der Waals surface area (Å²) in [6.07, 6.45) is 2.04. The second kappa shape index (κ2) is 20.7. The van der Waals surface area contributed by atoms with Gasteiger partial charge in [-0.15, -0.1) is 0 Å². The molecule has 0 saturated carbocycles. The van der Waals surface area contributed by atoms with Gasteiger partial charge in [0.1, 0.15) is 0 Å². The third-order valence-corrected chi connectivity index (χ3v) is 10.4. The number of aliphatic hydroxyl groups is 1. The highest BCUT2D eigenvalue weighted by Gasteiger charge is 2.39. The summed E-state index contributed by atoms with van der Waals surface area (Å²) in [4.78, 5) is 26.1. The van der Waals surface area contributed by atoms with Gasteiger partial charge in [0, 0.05) is 57.5 Å². The third-order valence-electron chi connectivity index (χ3n) is 10.4. The highest BCUT2D eigenvalue weighted by molar-refractivity contribution is 5.76. The van der Waals surface area contributed by atoms with Crippen molar-refractivity contribution < 1.29 is 24.2 Å². The van der Waals surface area contributed by atoms with Crippen LogP contribution >= 0.6 is 0 Å². The molecule has 1 saturated heterocycles.